The number of benzene rings is 2. The van der Waals surface area contributed by atoms with Crippen LogP contribution in [-0.4, -0.2) is 53.4 Å². The molecule has 2 amide bonds. The monoisotopic (exact) mass is 617 g/mol. The predicted octanol–water partition coefficient (Wildman–Crippen LogP) is 4.45. The van der Waals surface area contributed by atoms with E-state index in [1.165, 1.54) is 30.3 Å². The van der Waals surface area contributed by atoms with E-state index < -0.39 is 59.6 Å². The molecule has 5 rings (SSSR count). The first-order chi connectivity index (χ1) is 18.7. The summed E-state index contributed by atoms with van der Waals surface area (Å²) in [5.41, 5.74) is -0.175. The Morgan fingerprint density at radius 3 is 2.48 bits per heavy atom. The van der Waals surface area contributed by atoms with E-state index in [9.17, 15) is 23.5 Å². The molecular formula is C28H32Cl3F2N3O4. The number of carbonyl (C=O) groups excluding carboxylic acids is 2. The molecule has 5 atom stereocenters. The van der Waals surface area contributed by atoms with E-state index in [0.29, 0.717) is 16.8 Å². The number of hydrogen-bond donors (Lipinski definition) is 5. The van der Waals surface area contributed by atoms with Crippen LogP contribution in [0.3, 0.4) is 0 Å². The maximum Gasteiger partial charge on any atom is 0.237 e. The molecule has 1 saturated heterocycles. The summed E-state index contributed by atoms with van der Waals surface area (Å²) in [4.78, 5) is 27.9. The molecule has 0 bridgehead atoms. The van der Waals surface area contributed by atoms with E-state index in [2.05, 4.69) is 16.0 Å². The molecule has 2 aliphatic heterocycles. The molecule has 1 saturated carbocycles. The smallest absolute Gasteiger partial charge is 0.237 e. The number of halogens is 5. The Morgan fingerprint density at radius 2 is 1.80 bits per heavy atom. The second-order valence-electron chi connectivity index (χ2n) is 10.7. The zero-order valence-corrected chi connectivity index (χ0v) is 23.9. The number of rotatable bonds is 7. The first-order valence-corrected chi connectivity index (χ1v) is 14.0. The lowest BCUT2D eigenvalue weighted by Crippen LogP contribution is -2.52. The van der Waals surface area contributed by atoms with Gasteiger partial charge in [-0.15, -0.1) is 12.4 Å². The van der Waals surface area contributed by atoms with Crippen molar-refractivity contribution in [1.82, 2.24) is 10.6 Å². The Labute approximate surface area is 247 Å². The van der Waals surface area contributed by atoms with E-state index in [-0.39, 0.29) is 41.3 Å². The minimum atomic E-state index is -1.41. The normalized spacial score (nSPS) is 26.8. The largest absolute Gasteiger partial charge is 0.394 e. The number of fused-ring (bicyclic) bond motifs is 2. The van der Waals surface area contributed by atoms with E-state index in [1.807, 2.05) is 0 Å². The Morgan fingerprint density at radius 1 is 1.10 bits per heavy atom. The van der Waals surface area contributed by atoms with Crippen LogP contribution in [0.5, 0.6) is 0 Å². The van der Waals surface area contributed by atoms with Crippen LogP contribution in [-0.2, 0) is 15.0 Å². The van der Waals surface area contributed by atoms with Gasteiger partial charge in [-0.25, -0.2) is 8.78 Å². The molecule has 7 nitrogen and oxygen atoms in total. The van der Waals surface area contributed by atoms with Gasteiger partial charge < -0.3 is 26.2 Å². The molecule has 1 aliphatic carbocycles. The van der Waals surface area contributed by atoms with Gasteiger partial charge in [-0.3, -0.25) is 9.59 Å². The molecule has 2 aromatic rings. The molecule has 1 spiro atoms. The lowest BCUT2D eigenvalue weighted by atomic mass is 9.61. The summed E-state index contributed by atoms with van der Waals surface area (Å²) in [5, 5.41) is 27.7. The highest BCUT2D eigenvalue weighted by molar-refractivity contribution is 6.31. The number of carbonyl (C=O) groups is 2. The van der Waals surface area contributed by atoms with Crippen LogP contribution in [0.15, 0.2) is 30.3 Å². The van der Waals surface area contributed by atoms with Crippen molar-refractivity contribution in [2.24, 2.45) is 5.92 Å². The molecule has 5 N–H and O–H groups in total. The van der Waals surface area contributed by atoms with Gasteiger partial charge in [0.1, 0.15) is 17.0 Å². The molecule has 2 fully saturated rings. The highest BCUT2D eigenvalue weighted by Gasteiger charge is 2.67. The van der Waals surface area contributed by atoms with Gasteiger partial charge in [-0.2, -0.15) is 0 Å². The lowest BCUT2D eigenvalue weighted by molar-refractivity contribution is -0.124. The van der Waals surface area contributed by atoms with Crippen LogP contribution < -0.4 is 16.0 Å². The van der Waals surface area contributed by atoms with Gasteiger partial charge in [0.2, 0.25) is 11.8 Å². The van der Waals surface area contributed by atoms with E-state index in [1.54, 1.807) is 0 Å². The minimum absolute atomic E-state index is 0. The van der Waals surface area contributed by atoms with Crippen molar-refractivity contribution in [3.8, 4) is 0 Å². The van der Waals surface area contributed by atoms with Gasteiger partial charge in [0, 0.05) is 24.2 Å². The quantitative estimate of drug-likeness (QED) is 0.315. The van der Waals surface area contributed by atoms with Crippen molar-refractivity contribution in [1.29, 1.82) is 0 Å². The number of aliphatic hydroxyl groups excluding tert-OH is 2. The third-order valence-electron chi connectivity index (χ3n) is 8.50. The standard InChI is InChI=1S/C28H31Cl2F2N3O4.ClH/c29-18-10-15(6-7-20(18)31)23-24(26(38)33-9-8-16(37)13-36)35-25(14-4-2-1-3-5-14)28(23)17-11-21(32)19(30)12-22(17)34-27(28)39;/h6-7,10-12,14,16,23-25,35-37H,1-5,8-9,13H2,(H,33,38)(H,34,39);1H/t16-,23-,24+,25+,28+;/m0./s1. The van der Waals surface area contributed by atoms with Crippen LogP contribution in [0.2, 0.25) is 10.0 Å². The van der Waals surface area contributed by atoms with Gasteiger partial charge in [-0.1, -0.05) is 48.5 Å². The summed E-state index contributed by atoms with van der Waals surface area (Å²) < 4.78 is 29.3. The fourth-order valence-corrected chi connectivity index (χ4v) is 7.12. The first-order valence-electron chi connectivity index (χ1n) is 13.3. The van der Waals surface area contributed by atoms with E-state index in [0.717, 1.165) is 32.1 Å². The summed E-state index contributed by atoms with van der Waals surface area (Å²) in [5.74, 6) is -3.00. The van der Waals surface area contributed by atoms with Crippen molar-refractivity contribution in [2.75, 3.05) is 18.5 Å². The fraction of sp³-hybridized carbons (Fsp3) is 0.500. The average Bonchev–Trinajstić information content (AvgIpc) is 3.42. The van der Waals surface area contributed by atoms with Crippen LogP contribution in [0.25, 0.3) is 0 Å². The summed E-state index contributed by atoms with van der Waals surface area (Å²) in [7, 11) is 0. The summed E-state index contributed by atoms with van der Waals surface area (Å²) in [6, 6.07) is 5.28. The molecule has 0 aromatic heterocycles. The van der Waals surface area contributed by atoms with Gasteiger partial charge in [0.25, 0.3) is 0 Å². The number of aliphatic hydroxyl groups is 2. The molecule has 0 radical (unpaired) electrons. The summed E-state index contributed by atoms with van der Waals surface area (Å²) >= 11 is 12.3. The van der Waals surface area contributed by atoms with Crippen LogP contribution >= 0.6 is 35.6 Å². The van der Waals surface area contributed by atoms with E-state index >= 15 is 0 Å². The van der Waals surface area contributed by atoms with Crippen LogP contribution in [0.4, 0.5) is 14.5 Å². The minimum Gasteiger partial charge on any atom is -0.394 e. The maximum atomic E-state index is 15.0. The van der Waals surface area contributed by atoms with Crippen molar-refractivity contribution >= 4 is 53.1 Å². The molecule has 2 aromatic carbocycles. The highest BCUT2D eigenvalue weighted by atomic mass is 35.5. The maximum absolute atomic E-state index is 15.0. The molecule has 2 heterocycles. The van der Waals surface area contributed by atoms with Crippen molar-refractivity contribution < 1.29 is 28.6 Å². The van der Waals surface area contributed by atoms with Crippen molar-refractivity contribution in [3.63, 3.8) is 0 Å². The molecule has 0 unspecified atom stereocenters. The Kier molecular flexibility index (Phi) is 9.64. The third-order valence-corrected chi connectivity index (χ3v) is 9.08. The number of nitrogens with one attached hydrogen (secondary N) is 3. The van der Waals surface area contributed by atoms with Gasteiger partial charge in [0.15, 0.2) is 0 Å². The Balaban J connectivity index is 0.00000370. The van der Waals surface area contributed by atoms with Crippen molar-refractivity contribution in [3.05, 3.63) is 63.1 Å². The van der Waals surface area contributed by atoms with Gasteiger partial charge in [-0.05, 0) is 60.6 Å². The Bertz CT molecular complexity index is 1280. The predicted molar refractivity (Wildman–Crippen MR) is 151 cm³/mol. The Hall–Kier alpha value is -2.01. The highest BCUT2D eigenvalue weighted by Crippen LogP contribution is 2.58. The zero-order valence-electron chi connectivity index (χ0n) is 21.6. The van der Waals surface area contributed by atoms with E-state index in [4.69, 9.17) is 28.3 Å². The molecule has 40 heavy (non-hydrogen) atoms. The zero-order chi connectivity index (χ0) is 27.9. The van der Waals surface area contributed by atoms with Crippen molar-refractivity contribution in [2.45, 2.75) is 68.0 Å². The van der Waals surface area contributed by atoms with Crippen LogP contribution in [0, 0.1) is 17.6 Å². The second-order valence-corrected chi connectivity index (χ2v) is 11.5. The molecule has 3 aliphatic rings. The topological polar surface area (TPSA) is 111 Å². The third kappa shape index (κ3) is 5.32. The van der Waals surface area contributed by atoms with Gasteiger partial charge >= 0.3 is 0 Å². The summed E-state index contributed by atoms with van der Waals surface area (Å²) in [6.45, 7) is -0.351. The molecule has 218 valence electrons. The SMILES string of the molecule is Cl.O=C(NCC[C@H](O)CO)[C@@H]1N[C@H](C2CCCCC2)[C@]2(C(=O)Nc3cc(Cl)c(F)cc32)[C@H]1c1ccc(F)c(Cl)c1. The van der Waals surface area contributed by atoms with Gasteiger partial charge in [0.05, 0.1) is 28.8 Å². The number of hydrogen-bond acceptors (Lipinski definition) is 5. The van der Waals surface area contributed by atoms with Crippen LogP contribution in [0.1, 0.15) is 55.6 Å². The second kappa shape index (κ2) is 12.5. The molecular weight excluding hydrogens is 587 g/mol. The molecule has 12 heteroatoms. The average molecular weight is 619 g/mol. The lowest BCUT2D eigenvalue weighted by Gasteiger charge is -2.40. The summed E-state index contributed by atoms with van der Waals surface area (Å²) in [6.07, 6.45) is 3.79. The number of amides is 2. The first kappa shape index (κ1) is 30.9. The number of anilines is 1. The fourth-order valence-electron chi connectivity index (χ4n) is 6.76.